The summed E-state index contributed by atoms with van der Waals surface area (Å²) >= 11 is 1.41. The van der Waals surface area contributed by atoms with Gasteiger partial charge in [0.15, 0.2) is 11.0 Å². The highest BCUT2D eigenvalue weighted by atomic mass is 32.2. The van der Waals surface area contributed by atoms with Gasteiger partial charge in [-0.1, -0.05) is 25.1 Å². The number of nitrogens with one attached hydrogen (secondary N) is 1. The van der Waals surface area contributed by atoms with Crippen LogP contribution in [0.5, 0.6) is 5.75 Å². The molecule has 9 heteroatoms. The third-order valence-electron chi connectivity index (χ3n) is 5.44. The SMILES string of the molecule is CCCCn1c(SCC(=O)NC2CCN(C(C)=O)CC2)nnc1-c1ccc(OC)cc1. The fourth-order valence-electron chi connectivity index (χ4n) is 3.61. The maximum atomic E-state index is 12.5. The Morgan fingerprint density at radius 2 is 1.90 bits per heavy atom. The van der Waals surface area contributed by atoms with Crippen LogP contribution < -0.4 is 10.1 Å². The molecule has 168 valence electrons. The van der Waals surface area contributed by atoms with E-state index in [-0.39, 0.29) is 17.9 Å². The van der Waals surface area contributed by atoms with Crippen LogP contribution in [-0.2, 0) is 16.1 Å². The number of ether oxygens (including phenoxy) is 1. The summed E-state index contributed by atoms with van der Waals surface area (Å²) < 4.78 is 7.33. The molecule has 2 aromatic rings. The molecule has 1 aliphatic heterocycles. The summed E-state index contributed by atoms with van der Waals surface area (Å²) in [7, 11) is 1.64. The summed E-state index contributed by atoms with van der Waals surface area (Å²) in [4.78, 5) is 25.8. The quantitative estimate of drug-likeness (QED) is 0.597. The molecule has 1 aromatic heterocycles. The number of thioether (sulfide) groups is 1. The van der Waals surface area contributed by atoms with Crippen molar-refractivity contribution in [2.24, 2.45) is 0 Å². The molecule has 1 fully saturated rings. The molecule has 2 amide bonds. The molecule has 1 N–H and O–H groups in total. The van der Waals surface area contributed by atoms with Crippen LogP contribution in [0.1, 0.15) is 39.5 Å². The Balaban J connectivity index is 1.60. The van der Waals surface area contributed by atoms with Gasteiger partial charge in [-0.05, 0) is 43.5 Å². The van der Waals surface area contributed by atoms with E-state index in [9.17, 15) is 9.59 Å². The fraction of sp³-hybridized carbons (Fsp3) is 0.545. The monoisotopic (exact) mass is 445 g/mol. The van der Waals surface area contributed by atoms with Crippen molar-refractivity contribution in [1.82, 2.24) is 25.0 Å². The van der Waals surface area contributed by atoms with Crippen molar-refractivity contribution in [3.05, 3.63) is 24.3 Å². The minimum absolute atomic E-state index is 0.0117. The highest BCUT2D eigenvalue weighted by Gasteiger charge is 2.22. The molecule has 0 atom stereocenters. The lowest BCUT2D eigenvalue weighted by Gasteiger charge is -2.31. The summed E-state index contributed by atoms with van der Waals surface area (Å²) in [6.45, 7) is 5.94. The number of carbonyl (C=O) groups is 2. The van der Waals surface area contributed by atoms with E-state index in [1.165, 1.54) is 11.8 Å². The first-order valence-electron chi connectivity index (χ1n) is 10.8. The zero-order valence-corrected chi connectivity index (χ0v) is 19.3. The number of carbonyl (C=O) groups excluding carboxylic acids is 2. The topological polar surface area (TPSA) is 89.4 Å². The predicted octanol–water partition coefficient (Wildman–Crippen LogP) is 2.97. The van der Waals surface area contributed by atoms with Crippen LogP contribution >= 0.6 is 11.8 Å². The molecule has 0 unspecified atom stereocenters. The van der Waals surface area contributed by atoms with E-state index in [2.05, 4.69) is 27.0 Å². The molecule has 0 bridgehead atoms. The number of aromatic nitrogens is 3. The second-order valence-electron chi connectivity index (χ2n) is 7.68. The smallest absolute Gasteiger partial charge is 0.230 e. The lowest BCUT2D eigenvalue weighted by atomic mass is 10.1. The minimum atomic E-state index is -0.0117. The van der Waals surface area contributed by atoms with Gasteiger partial charge in [-0.15, -0.1) is 10.2 Å². The lowest BCUT2D eigenvalue weighted by molar-refractivity contribution is -0.130. The van der Waals surface area contributed by atoms with Crippen molar-refractivity contribution in [3.63, 3.8) is 0 Å². The number of nitrogens with zero attached hydrogens (tertiary/aromatic N) is 4. The summed E-state index contributed by atoms with van der Waals surface area (Å²) in [6.07, 6.45) is 3.66. The number of hydrogen-bond acceptors (Lipinski definition) is 6. The Morgan fingerprint density at radius 1 is 1.19 bits per heavy atom. The standard InChI is InChI=1S/C22H31N5O3S/c1-4-5-12-27-21(17-6-8-19(30-3)9-7-17)24-25-22(27)31-15-20(29)23-18-10-13-26(14-11-18)16(2)28/h6-9,18H,4-5,10-15H2,1-3H3,(H,23,29). The number of unbranched alkanes of at least 4 members (excludes halogenated alkanes) is 1. The number of benzene rings is 1. The van der Waals surface area contributed by atoms with E-state index in [0.29, 0.717) is 18.8 Å². The first-order valence-corrected chi connectivity index (χ1v) is 11.8. The van der Waals surface area contributed by atoms with Crippen molar-refractivity contribution in [2.75, 3.05) is 26.0 Å². The van der Waals surface area contributed by atoms with Gasteiger partial charge in [-0.3, -0.25) is 9.59 Å². The van der Waals surface area contributed by atoms with Crippen molar-refractivity contribution in [3.8, 4) is 17.1 Å². The number of piperidine rings is 1. The lowest BCUT2D eigenvalue weighted by Crippen LogP contribution is -2.46. The van der Waals surface area contributed by atoms with Gasteiger partial charge in [0.1, 0.15) is 5.75 Å². The normalized spacial score (nSPS) is 14.5. The molecule has 0 spiro atoms. The summed E-state index contributed by atoms with van der Waals surface area (Å²) in [6, 6.07) is 7.88. The fourth-order valence-corrected chi connectivity index (χ4v) is 4.38. The first kappa shape index (κ1) is 23.1. The highest BCUT2D eigenvalue weighted by molar-refractivity contribution is 7.99. The van der Waals surface area contributed by atoms with E-state index in [1.54, 1.807) is 14.0 Å². The Kier molecular flexibility index (Phi) is 8.34. The molecule has 8 nitrogen and oxygen atoms in total. The summed E-state index contributed by atoms with van der Waals surface area (Å²) in [5.41, 5.74) is 0.970. The van der Waals surface area contributed by atoms with Crippen LogP contribution in [0, 0.1) is 0 Å². The number of likely N-dealkylation sites (tertiary alicyclic amines) is 1. The zero-order valence-electron chi connectivity index (χ0n) is 18.5. The Bertz CT molecular complexity index is 876. The Labute approximate surface area is 187 Å². The molecule has 1 saturated heterocycles. The van der Waals surface area contributed by atoms with Crippen LogP contribution in [0.25, 0.3) is 11.4 Å². The second kappa shape index (κ2) is 11.2. The second-order valence-corrected chi connectivity index (χ2v) is 8.62. The van der Waals surface area contributed by atoms with Crippen molar-refractivity contribution >= 4 is 23.6 Å². The van der Waals surface area contributed by atoms with E-state index < -0.39 is 0 Å². The summed E-state index contributed by atoms with van der Waals surface area (Å²) in [5.74, 6) is 1.97. The molecular formula is C22H31N5O3S. The molecule has 31 heavy (non-hydrogen) atoms. The van der Waals surface area contributed by atoms with E-state index in [4.69, 9.17) is 4.74 Å². The Morgan fingerprint density at radius 3 is 2.52 bits per heavy atom. The average molecular weight is 446 g/mol. The molecule has 2 heterocycles. The third kappa shape index (κ3) is 6.22. The maximum Gasteiger partial charge on any atom is 0.230 e. The molecule has 1 aromatic carbocycles. The minimum Gasteiger partial charge on any atom is -0.497 e. The average Bonchev–Trinajstić information content (AvgIpc) is 3.19. The number of methoxy groups -OCH3 is 1. The first-order chi connectivity index (χ1) is 15.0. The van der Waals surface area contributed by atoms with Gasteiger partial charge in [0.05, 0.1) is 12.9 Å². The van der Waals surface area contributed by atoms with Gasteiger partial charge >= 0.3 is 0 Å². The number of hydrogen-bond donors (Lipinski definition) is 1. The highest BCUT2D eigenvalue weighted by Crippen LogP contribution is 2.26. The molecule has 0 saturated carbocycles. The predicted molar refractivity (Wildman–Crippen MR) is 121 cm³/mol. The van der Waals surface area contributed by atoms with Crippen molar-refractivity contribution in [1.29, 1.82) is 0 Å². The molecule has 3 rings (SSSR count). The van der Waals surface area contributed by atoms with Gasteiger partial charge < -0.3 is 19.5 Å². The van der Waals surface area contributed by atoms with Gasteiger partial charge in [0.25, 0.3) is 0 Å². The van der Waals surface area contributed by atoms with E-state index >= 15 is 0 Å². The molecule has 0 aliphatic carbocycles. The van der Waals surface area contributed by atoms with E-state index in [1.807, 2.05) is 29.2 Å². The van der Waals surface area contributed by atoms with Crippen LogP contribution in [0.4, 0.5) is 0 Å². The molecule has 0 radical (unpaired) electrons. The van der Waals surface area contributed by atoms with Crippen LogP contribution in [0.3, 0.4) is 0 Å². The van der Waals surface area contributed by atoms with Gasteiger partial charge in [0.2, 0.25) is 11.8 Å². The van der Waals surface area contributed by atoms with Crippen molar-refractivity contribution in [2.45, 2.75) is 57.3 Å². The zero-order chi connectivity index (χ0) is 22.2. The molecular weight excluding hydrogens is 414 g/mol. The molecule has 1 aliphatic rings. The van der Waals surface area contributed by atoms with Crippen molar-refractivity contribution < 1.29 is 14.3 Å². The Hall–Kier alpha value is -2.55. The van der Waals surface area contributed by atoms with Crippen LogP contribution in [0.15, 0.2) is 29.4 Å². The van der Waals surface area contributed by atoms with Crippen LogP contribution in [0.2, 0.25) is 0 Å². The van der Waals surface area contributed by atoms with Gasteiger partial charge in [-0.25, -0.2) is 0 Å². The van der Waals surface area contributed by atoms with E-state index in [0.717, 1.165) is 54.5 Å². The third-order valence-corrected chi connectivity index (χ3v) is 6.40. The van der Waals surface area contributed by atoms with Gasteiger partial charge in [0, 0.05) is 38.2 Å². The summed E-state index contributed by atoms with van der Waals surface area (Å²) in [5, 5.41) is 12.6. The van der Waals surface area contributed by atoms with Gasteiger partial charge in [-0.2, -0.15) is 0 Å². The number of amides is 2. The number of rotatable bonds is 9. The largest absolute Gasteiger partial charge is 0.497 e. The maximum absolute atomic E-state index is 12.5. The van der Waals surface area contributed by atoms with Crippen LogP contribution in [-0.4, -0.2) is 63.5 Å².